The lowest BCUT2D eigenvalue weighted by atomic mass is 9.80. The maximum absolute atomic E-state index is 12.5. The van der Waals surface area contributed by atoms with Crippen molar-refractivity contribution in [3.8, 4) is 33.9 Å². The third-order valence-corrected chi connectivity index (χ3v) is 13.1. The number of benzene rings is 2. The fourth-order valence-corrected chi connectivity index (χ4v) is 9.91. The number of carboxylic acids is 1. The first-order valence-electron chi connectivity index (χ1n) is 21.9. The standard InChI is InChI=1S/C49H65N3O7/c1-2-3-6-11-32-16-17-36(45(56)24-32)14-9-5-10-15-42(48(57)58)44(55)18-20-49(59)31-34(22-33-19-21-51-46(50)25-33)23-38(49)28-39-29-43(35-12-7-4-8-13-35)47(52-39)37-26-40(53)30-41(54)27-37/h4,7-8,12-13,16-17,19,21,25-27,29-30,32,34,36,38,42,44-45,52-56,59H,2-3,5-6,9-11,14-15,18,20,22-24,28,31H2,1H3,(H2,50,51)(H,57,58). The number of allylic oxidation sites excluding steroid dienone is 1. The van der Waals surface area contributed by atoms with Crippen LogP contribution in [-0.4, -0.2) is 64.4 Å². The van der Waals surface area contributed by atoms with Crippen LogP contribution < -0.4 is 5.73 Å². The minimum atomic E-state index is -1.17. The summed E-state index contributed by atoms with van der Waals surface area (Å²) in [4.78, 5) is 20.2. The first-order chi connectivity index (χ1) is 28.4. The van der Waals surface area contributed by atoms with Crippen LogP contribution in [0.4, 0.5) is 5.82 Å². The number of unbranched alkanes of at least 4 members (excludes halogenated alkanes) is 4. The number of aliphatic hydroxyl groups excluding tert-OH is 2. The van der Waals surface area contributed by atoms with Gasteiger partial charge in [0, 0.05) is 35.0 Å². The monoisotopic (exact) mass is 807 g/mol. The molecule has 59 heavy (non-hydrogen) atoms. The van der Waals surface area contributed by atoms with E-state index in [0.29, 0.717) is 55.8 Å². The summed E-state index contributed by atoms with van der Waals surface area (Å²) in [5, 5.41) is 65.6. The van der Waals surface area contributed by atoms with Gasteiger partial charge in [0.1, 0.15) is 17.3 Å². The number of aliphatic hydroxyl groups is 3. The Morgan fingerprint density at radius 2 is 1.66 bits per heavy atom. The number of nitrogens with zero attached hydrogens (tertiary/aromatic N) is 1. The number of phenols is 2. The molecule has 0 bridgehead atoms. The highest BCUT2D eigenvalue weighted by atomic mass is 16.4. The van der Waals surface area contributed by atoms with Gasteiger partial charge in [-0.15, -0.1) is 0 Å². The Kier molecular flexibility index (Phi) is 15.3. The van der Waals surface area contributed by atoms with E-state index < -0.39 is 23.6 Å². The molecule has 0 saturated heterocycles. The van der Waals surface area contributed by atoms with E-state index in [1.807, 2.05) is 42.5 Å². The Bertz CT molecular complexity index is 1960. The van der Waals surface area contributed by atoms with Gasteiger partial charge in [-0.3, -0.25) is 4.79 Å². The van der Waals surface area contributed by atoms with Gasteiger partial charge in [0.25, 0.3) is 0 Å². The van der Waals surface area contributed by atoms with Crippen LogP contribution in [0.15, 0.2) is 85.1 Å². The highest BCUT2D eigenvalue weighted by molar-refractivity contribution is 5.83. The number of rotatable bonds is 21. The van der Waals surface area contributed by atoms with Crippen molar-refractivity contribution in [1.29, 1.82) is 0 Å². The molecule has 2 aromatic carbocycles. The molecule has 2 aliphatic carbocycles. The third-order valence-electron chi connectivity index (χ3n) is 13.1. The Hall–Kier alpha value is -4.64. The van der Waals surface area contributed by atoms with Crippen molar-refractivity contribution in [3.63, 3.8) is 0 Å². The normalized spacial score (nSPS) is 24.0. The van der Waals surface area contributed by atoms with Crippen molar-refractivity contribution < 1.29 is 35.4 Å². The molecular formula is C49H65N3O7. The fourth-order valence-electron chi connectivity index (χ4n) is 9.91. The molecule has 1 fully saturated rings. The molecule has 0 spiro atoms. The molecule has 10 nitrogen and oxygen atoms in total. The second-order valence-corrected chi connectivity index (χ2v) is 17.6. The molecule has 0 amide bonds. The average molecular weight is 808 g/mol. The number of aromatic hydroxyl groups is 2. The van der Waals surface area contributed by atoms with Gasteiger partial charge >= 0.3 is 5.97 Å². The zero-order valence-electron chi connectivity index (χ0n) is 34.6. The molecule has 0 radical (unpaired) electrons. The molecule has 9 N–H and O–H groups in total. The lowest BCUT2D eigenvalue weighted by Gasteiger charge is -2.32. The van der Waals surface area contributed by atoms with Crippen molar-refractivity contribution in [2.75, 3.05) is 5.73 Å². The zero-order valence-corrected chi connectivity index (χ0v) is 34.6. The number of nitrogens with two attached hydrogens (primary N) is 1. The maximum Gasteiger partial charge on any atom is 0.309 e. The second-order valence-electron chi connectivity index (χ2n) is 17.6. The van der Waals surface area contributed by atoms with Crippen LogP contribution in [0.5, 0.6) is 11.5 Å². The van der Waals surface area contributed by atoms with E-state index in [-0.39, 0.29) is 48.2 Å². The van der Waals surface area contributed by atoms with Crippen molar-refractivity contribution in [1.82, 2.24) is 9.97 Å². The molecule has 4 aromatic rings. The fraction of sp³-hybridized carbons (Fsp3) is 0.510. The summed E-state index contributed by atoms with van der Waals surface area (Å²) in [6.07, 6.45) is 16.7. The van der Waals surface area contributed by atoms with Gasteiger partial charge in [-0.05, 0) is 123 Å². The zero-order chi connectivity index (χ0) is 41.9. The number of anilines is 1. The molecule has 2 heterocycles. The molecule has 1 saturated carbocycles. The molecule has 8 atom stereocenters. The quantitative estimate of drug-likeness (QED) is 0.0299. The second kappa shape index (κ2) is 20.6. The number of nitrogens with one attached hydrogen (secondary N) is 1. The molecule has 318 valence electrons. The van der Waals surface area contributed by atoms with Crippen molar-refractivity contribution in [2.45, 2.75) is 127 Å². The minimum Gasteiger partial charge on any atom is -0.508 e. The van der Waals surface area contributed by atoms with Gasteiger partial charge in [0.15, 0.2) is 0 Å². The predicted molar refractivity (Wildman–Crippen MR) is 233 cm³/mol. The summed E-state index contributed by atoms with van der Waals surface area (Å²) < 4.78 is 0. The highest BCUT2D eigenvalue weighted by Gasteiger charge is 2.46. The molecule has 2 aliphatic rings. The van der Waals surface area contributed by atoms with Gasteiger partial charge < -0.3 is 41.4 Å². The Balaban J connectivity index is 1.12. The summed E-state index contributed by atoms with van der Waals surface area (Å²) in [6.45, 7) is 2.20. The molecule has 2 aromatic heterocycles. The van der Waals surface area contributed by atoms with Gasteiger partial charge in [-0.2, -0.15) is 0 Å². The lowest BCUT2D eigenvalue weighted by molar-refractivity contribution is -0.146. The number of hydrogen-bond acceptors (Lipinski definition) is 8. The van der Waals surface area contributed by atoms with Crippen LogP contribution in [0, 0.1) is 29.6 Å². The Morgan fingerprint density at radius 1 is 0.898 bits per heavy atom. The molecule has 10 heteroatoms. The van der Waals surface area contributed by atoms with Crippen LogP contribution in [0.2, 0.25) is 0 Å². The molecule has 8 unspecified atom stereocenters. The number of pyridine rings is 1. The van der Waals surface area contributed by atoms with Crippen molar-refractivity contribution in [3.05, 3.63) is 96.3 Å². The van der Waals surface area contributed by atoms with Crippen LogP contribution in [0.1, 0.15) is 108 Å². The maximum atomic E-state index is 12.5. The largest absolute Gasteiger partial charge is 0.508 e. The molecule has 0 aliphatic heterocycles. The minimum absolute atomic E-state index is 0.0547. The van der Waals surface area contributed by atoms with E-state index in [1.165, 1.54) is 25.3 Å². The van der Waals surface area contributed by atoms with E-state index in [9.17, 15) is 35.4 Å². The van der Waals surface area contributed by atoms with E-state index in [4.69, 9.17) is 5.73 Å². The SMILES string of the molecule is CCCCCC1C=CC(CCCCCC(C(=O)O)C(O)CCC2(O)CC(Cc3ccnc(N)c3)CC2Cc2cc(-c3ccccc3)c(-c3cc(O)cc(O)c3)[nH]2)C(O)C1. The number of aromatic nitrogens is 2. The number of phenolic OH excluding ortho intramolecular Hbond substituents is 2. The first-order valence-corrected chi connectivity index (χ1v) is 21.9. The number of aromatic amines is 1. The smallest absolute Gasteiger partial charge is 0.309 e. The third kappa shape index (κ3) is 12.0. The average Bonchev–Trinajstić information content (AvgIpc) is 3.76. The van der Waals surface area contributed by atoms with E-state index >= 15 is 0 Å². The molecule has 6 rings (SSSR count). The van der Waals surface area contributed by atoms with Crippen LogP contribution >= 0.6 is 0 Å². The topological polar surface area (TPSA) is 193 Å². The van der Waals surface area contributed by atoms with Gasteiger partial charge in [-0.25, -0.2) is 4.98 Å². The first kappa shape index (κ1) is 43.9. The highest BCUT2D eigenvalue weighted by Crippen LogP contribution is 2.47. The summed E-state index contributed by atoms with van der Waals surface area (Å²) in [5.41, 5.74) is 9.97. The van der Waals surface area contributed by atoms with Gasteiger partial charge in [-0.1, -0.05) is 87.9 Å². The summed E-state index contributed by atoms with van der Waals surface area (Å²) in [5.74, 6) is -1.11. The number of carbonyl (C=O) groups is 1. The lowest BCUT2D eigenvalue weighted by Crippen LogP contribution is -2.37. The number of carboxylic acid groups (broad SMARTS) is 1. The van der Waals surface area contributed by atoms with Crippen molar-refractivity contribution >= 4 is 11.8 Å². The number of nitrogen functional groups attached to an aromatic ring is 1. The summed E-state index contributed by atoms with van der Waals surface area (Å²) in [6, 6.07) is 20.2. The molecular weight excluding hydrogens is 743 g/mol. The van der Waals surface area contributed by atoms with E-state index in [1.54, 1.807) is 18.3 Å². The predicted octanol–water partition coefficient (Wildman–Crippen LogP) is 9.21. The number of H-pyrrole nitrogens is 1. The van der Waals surface area contributed by atoms with E-state index in [0.717, 1.165) is 60.2 Å². The number of aliphatic carboxylic acids is 1. The number of hydrogen-bond donors (Lipinski definition) is 8. The van der Waals surface area contributed by atoms with Crippen LogP contribution in [-0.2, 0) is 17.6 Å². The van der Waals surface area contributed by atoms with Crippen LogP contribution in [0.25, 0.3) is 22.4 Å². The summed E-state index contributed by atoms with van der Waals surface area (Å²) in [7, 11) is 0. The Morgan fingerprint density at radius 3 is 2.37 bits per heavy atom. The summed E-state index contributed by atoms with van der Waals surface area (Å²) >= 11 is 0. The van der Waals surface area contributed by atoms with Crippen LogP contribution in [0.3, 0.4) is 0 Å². The van der Waals surface area contributed by atoms with E-state index in [2.05, 4.69) is 35.1 Å². The van der Waals surface area contributed by atoms with Gasteiger partial charge in [0.05, 0.1) is 29.4 Å². The van der Waals surface area contributed by atoms with Gasteiger partial charge in [0.2, 0.25) is 0 Å². The van der Waals surface area contributed by atoms with Crippen molar-refractivity contribution in [2.24, 2.45) is 29.6 Å². The Labute approximate surface area is 349 Å².